The van der Waals surface area contributed by atoms with E-state index in [0.717, 1.165) is 5.56 Å². The van der Waals surface area contributed by atoms with Gasteiger partial charge in [-0.05, 0) is 52.7 Å². The Morgan fingerprint density at radius 2 is 1.72 bits per heavy atom. The third kappa shape index (κ3) is 6.41. The topological polar surface area (TPSA) is 80.8 Å². The number of hydrogen-bond acceptors (Lipinski definition) is 5. The lowest BCUT2D eigenvalue weighted by Gasteiger charge is -2.31. The van der Waals surface area contributed by atoms with Crippen LogP contribution in [0.15, 0.2) is 29.2 Å². The number of hydrogen-bond donors (Lipinski definition) is 0. The van der Waals surface area contributed by atoms with Crippen molar-refractivity contribution in [3.63, 3.8) is 0 Å². The van der Waals surface area contributed by atoms with Crippen LogP contribution in [0.4, 0.5) is 0 Å². The summed E-state index contributed by atoms with van der Waals surface area (Å²) < 4.78 is 32.9. The normalized spacial score (nSPS) is 15.7. The van der Waals surface area contributed by atoms with Gasteiger partial charge in [0.05, 0.1) is 16.9 Å². The van der Waals surface area contributed by atoms with Gasteiger partial charge < -0.3 is 4.74 Å². The van der Waals surface area contributed by atoms with Crippen molar-refractivity contribution >= 4 is 21.8 Å². The summed E-state index contributed by atoms with van der Waals surface area (Å²) in [4.78, 5) is 23.6. The molecule has 1 aliphatic rings. The van der Waals surface area contributed by atoms with Crippen LogP contribution in [0.25, 0.3) is 0 Å². The molecule has 0 amide bonds. The van der Waals surface area contributed by atoms with Crippen molar-refractivity contribution in [1.29, 1.82) is 0 Å². The van der Waals surface area contributed by atoms with Crippen LogP contribution in [0.1, 0.15) is 52.0 Å². The van der Waals surface area contributed by atoms with Crippen LogP contribution in [0.2, 0.25) is 0 Å². The van der Waals surface area contributed by atoms with Crippen LogP contribution >= 0.6 is 0 Å². The molecule has 29 heavy (non-hydrogen) atoms. The Hall–Kier alpha value is -2.17. The van der Waals surface area contributed by atoms with Gasteiger partial charge in [0, 0.05) is 18.9 Å². The first-order chi connectivity index (χ1) is 13.5. The van der Waals surface area contributed by atoms with Crippen molar-refractivity contribution in [3.05, 3.63) is 29.8 Å². The van der Waals surface area contributed by atoms with Gasteiger partial charge in [0.15, 0.2) is 6.61 Å². The number of carbonyl (C=O) groups excluding carboxylic acids is 2. The monoisotopic (exact) mass is 419 g/mol. The molecule has 0 atom stereocenters. The minimum absolute atomic E-state index is 0.0118. The molecule has 1 aromatic carbocycles. The fourth-order valence-corrected chi connectivity index (χ4v) is 4.56. The van der Waals surface area contributed by atoms with Gasteiger partial charge in [-0.25, -0.2) is 8.42 Å². The fourth-order valence-electron chi connectivity index (χ4n) is 2.97. The zero-order valence-corrected chi connectivity index (χ0v) is 18.3. The second-order valence-corrected chi connectivity index (χ2v) is 10.2. The number of ketones is 1. The number of ether oxygens (including phenoxy) is 1. The predicted octanol–water partition coefficient (Wildman–Crippen LogP) is 3.09. The molecule has 0 aliphatic heterocycles. The van der Waals surface area contributed by atoms with Gasteiger partial charge in [0.1, 0.15) is 5.78 Å². The summed E-state index contributed by atoms with van der Waals surface area (Å²) >= 11 is 0. The Kier molecular flexibility index (Phi) is 7.61. The molecule has 0 radical (unpaired) electrons. The van der Waals surface area contributed by atoms with E-state index in [0.29, 0.717) is 25.7 Å². The van der Waals surface area contributed by atoms with Crippen molar-refractivity contribution < 1.29 is 22.7 Å². The predicted molar refractivity (Wildman–Crippen MR) is 111 cm³/mol. The number of aryl methyl sites for hydroxylation is 1. The maximum Gasteiger partial charge on any atom is 0.312 e. The molecule has 0 aromatic heterocycles. The molecule has 0 unspecified atom stereocenters. The summed E-state index contributed by atoms with van der Waals surface area (Å²) in [6.45, 7) is 7.06. The highest BCUT2D eigenvalue weighted by Gasteiger charge is 2.33. The van der Waals surface area contributed by atoms with Gasteiger partial charge in [0.25, 0.3) is 0 Å². The van der Waals surface area contributed by atoms with Crippen LogP contribution in [0, 0.1) is 24.2 Å². The Morgan fingerprint density at radius 1 is 1.14 bits per heavy atom. The number of carbonyl (C=O) groups is 2. The number of sulfonamides is 1. The maximum atomic E-state index is 13.2. The number of rotatable bonds is 5. The van der Waals surface area contributed by atoms with Crippen LogP contribution in [0.3, 0.4) is 0 Å². The number of Topliss-reactive ketones (excluding diaryl/α,β-unsaturated/α-hetero) is 1. The minimum Gasteiger partial charge on any atom is -0.452 e. The average molecular weight is 420 g/mol. The molecule has 1 aromatic rings. The summed E-state index contributed by atoms with van der Waals surface area (Å²) in [6, 6.07) is 6.42. The van der Waals surface area contributed by atoms with Gasteiger partial charge in [-0.2, -0.15) is 4.31 Å². The van der Waals surface area contributed by atoms with E-state index in [-0.39, 0.29) is 35.8 Å². The quantitative estimate of drug-likeness (QED) is 0.541. The molecule has 0 N–H and O–H groups in total. The number of nitrogens with zero attached hydrogens (tertiary/aromatic N) is 1. The van der Waals surface area contributed by atoms with Gasteiger partial charge in [-0.3, -0.25) is 9.59 Å². The molecule has 6 nitrogen and oxygen atoms in total. The summed E-state index contributed by atoms with van der Waals surface area (Å²) in [5.74, 6) is 5.36. The van der Waals surface area contributed by atoms with Gasteiger partial charge >= 0.3 is 5.97 Å². The lowest BCUT2D eigenvalue weighted by Crippen LogP contribution is -2.42. The Bertz CT molecular complexity index is 891. The SMILES string of the molecule is Cc1ccc(S(=O)(=O)N(CC#CCOC(=O)C(C)(C)C)C2CCC(=O)CC2)cc1. The van der Waals surface area contributed by atoms with Crippen LogP contribution in [-0.4, -0.2) is 43.7 Å². The zero-order valence-electron chi connectivity index (χ0n) is 17.5. The molecule has 1 saturated carbocycles. The number of esters is 1. The zero-order chi connectivity index (χ0) is 21.7. The molecule has 158 valence electrons. The lowest BCUT2D eigenvalue weighted by atomic mass is 9.94. The molecule has 0 spiro atoms. The third-order valence-electron chi connectivity index (χ3n) is 4.80. The minimum atomic E-state index is -3.75. The van der Waals surface area contributed by atoms with Crippen molar-refractivity contribution in [2.24, 2.45) is 5.41 Å². The van der Waals surface area contributed by atoms with Crippen LogP contribution in [-0.2, 0) is 24.3 Å². The summed E-state index contributed by atoms with van der Waals surface area (Å²) in [5, 5.41) is 0. The first-order valence-electron chi connectivity index (χ1n) is 9.75. The molecule has 7 heteroatoms. The van der Waals surface area contributed by atoms with E-state index in [9.17, 15) is 18.0 Å². The molecular formula is C22H29NO5S. The average Bonchev–Trinajstić information content (AvgIpc) is 2.65. The van der Waals surface area contributed by atoms with E-state index in [2.05, 4.69) is 11.8 Å². The van der Waals surface area contributed by atoms with Crippen molar-refractivity contribution in [2.75, 3.05) is 13.2 Å². The fraction of sp³-hybridized carbons (Fsp3) is 0.545. The van der Waals surface area contributed by atoms with Crippen LogP contribution < -0.4 is 0 Å². The largest absolute Gasteiger partial charge is 0.452 e. The standard InChI is InChI=1S/C22H29NO5S/c1-17-7-13-20(14-8-17)29(26,27)23(18-9-11-19(24)12-10-18)15-5-6-16-28-21(25)22(2,3)4/h7-8,13-14,18H,9-12,15-16H2,1-4H3. The molecule has 0 heterocycles. The summed E-state index contributed by atoms with van der Waals surface area (Å²) in [7, 11) is -3.75. The summed E-state index contributed by atoms with van der Waals surface area (Å²) in [5.41, 5.74) is 0.358. The van der Waals surface area contributed by atoms with Crippen molar-refractivity contribution in [1.82, 2.24) is 4.31 Å². The molecule has 1 aliphatic carbocycles. The van der Waals surface area contributed by atoms with Crippen molar-refractivity contribution in [2.45, 2.75) is 64.3 Å². The smallest absolute Gasteiger partial charge is 0.312 e. The Balaban J connectivity index is 2.16. The van der Waals surface area contributed by atoms with E-state index in [4.69, 9.17) is 4.74 Å². The van der Waals surface area contributed by atoms with E-state index >= 15 is 0 Å². The first-order valence-corrected chi connectivity index (χ1v) is 11.2. The highest BCUT2D eigenvalue weighted by atomic mass is 32.2. The third-order valence-corrected chi connectivity index (χ3v) is 6.71. The molecule has 1 fully saturated rings. The number of benzene rings is 1. The molecule has 2 rings (SSSR count). The van der Waals surface area contributed by atoms with E-state index in [1.165, 1.54) is 4.31 Å². The second kappa shape index (κ2) is 9.55. The highest BCUT2D eigenvalue weighted by molar-refractivity contribution is 7.89. The highest BCUT2D eigenvalue weighted by Crippen LogP contribution is 2.26. The van der Waals surface area contributed by atoms with E-state index < -0.39 is 15.4 Å². The maximum absolute atomic E-state index is 13.2. The molecule has 0 saturated heterocycles. The molecule has 0 bridgehead atoms. The van der Waals surface area contributed by atoms with E-state index in [1.807, 2.05) is 6.92 Å². The second-order valence-electron chi connectivity index (χ2n) is 8.31. The van der Waals surface area contributed by atoms with Crippen LogP contribution in [0.5, 0.6) is 0 Å². The lowest BCUT2D eigenvalue weighted by molar-refractivity contribution is -0.151. The van der Waals surface area contributed by atoms with Gasteiger partial charge in [0.2, 0.25) is 10.0 Å². The van der Waals surface area contributed by atoms with Gasteiger partial charge in [-0.1, -0.05) is 29.5 Å². The van der Waals surface area contributed by atoms with E-state index in [1.54, 1.807) is 45.0 Å². The van der Waals surface area contributed by atoms with Crippen molar-refractivity contribution in [3.8, 4) is 11.8 Å². The first kappa shape index (κ1) is 23.1. The Morgan fingerprint density at radius 3 is 2.28 bits per heavy atom. The molecular weight excluding hydrogens is 390 g/mol. The van der Waals surface area contributed by atoms with Gasteiger partial charge in [-0.15, -0.1) is 0 Å². The Labute approximate surface area is 173 Å². The summed E-state index contributed by atoms with van der Waals surface area (Å²) in [6.07, 6.45) is 1.73.